The lowest BCUT2D eigenvalue weighted by molar-refractivity contribution is -0.124. The van der Waals surface area contributed by atoms with Crippen LogP contribution >= 0.6 is 0 Å². The maximum absolute atomic E-state index is 11.7. The van der Waals surface area contributed by atoms with Crippen molar-refractivity contribution < 1.29 is 13.2 Å². The first-order chi connectivity index (χ1) is 6.44. The summed E-state index contributed by atoms with van der Waals surface area (Å²) in [7, 11) is -3.44. The van der Waals surface area contributed by atoms with Crippen LogP contribution in [0.3, 0.4) is 0 Å². The Morgan fingerprint density at radius 1 is 1.27 bits per heavy atom. The molecule has 6 heteroatoms. The molecule has 0 spiro atoms. The van der Waals surface area contributed by atoms with Crippen LogP contribution in [0.2, 0.25) is 0 Å². The largest absolute Gasteiger partial charge is 0.349 e. The molecule has 0 bridgehead atoms. The molecule has 0 aromatic carbocycles. The standard InChI is InChI=1S/C9H20N2O3S/c1-8(2,6-10)11-7(12)9(3,4)15(5,13)14/h6,10H2,1-5H3,(H,11,12). The first kappa shape index (κ1) is 14.4. The highest BCUT2D eigenvalue weighted by atomic mass is 32.2. The van der Waals surface area contributed by atoms with Gasteiger partial charge in [0.05, 0.1) is 0 Å². The van der Waals surface area contributed by atoms with Crippen molar-refractivity contribution in [3.63, 3.8) is 0 Å². The highest BCUT2D eigenvalue weighted by Crippen LogP contribution is 2.16. The smallest absolute Gasteiger partial charge is 0.241 e. The third-order valence-electron chi connectivity index (χ3n) is 2.44. The molecule has 0 saturated heterocycles. The lowest BCUT2D eigenvalue weighted by Crippen LogP contribution is -2.57. The minimum atomic E-state index is -3.44. The van der Waals surface area contributed by atoms with E-state index in [4.69, 9.17) is 5.73 Å². The monoisotopic (exact) mass is 236 g/mol. The zero-order chi connectivity index (χ0) is 12.5. The Hall–Kier alpha value is -0.620. The fraction of sp³-hybridized carbons (Fsp3) is 0.889. The van der Waals surface area contributed by atoms with Gasteiger partial charge < -0.3 is 11.1 Å². The number of nitrogens with two attached hydrogens (primary N) is 1. The Bertz CT molecular complexity index is 344. The van der Waals surface area contributed by atoms with Gasteiger partial charge in [-0.3, -0.25) is 4.79 Å². The van der Waals surface area contributed by atoms with Gasteiger partial charge in [0, 0.05) is 18.3 Å². The van der Waals surface area contributed by atoms with E-state index in [0.29, 0.717) is 0 Å². The molecule has 15 heavy (non-hydrogen) atoms. The van der Waals surface area contributed by atoms with Crippen LogP contribution in [0.5, 0.6) is 0 Å². The first-order valence-corrected chi connectivity index (χ1v) is 6.55. The Morgan fingerprint density at radius 3 is 1.93 bits per heavy atom. The van der Waals surface area contributed by atoms with Crippen LogP contribution < -0.4 is 11.1 Å². The van der Waals surface area contributed by atoms with Gasteiger partial charge in [0.15, 0.2) is 9.84 Å². The quantitative estimate of drug-likeness (QED) is 0.699. The molecule has 0 atom stereocenters. The van der Waals surface area contributed by atoms with Crippen LogP contribution in [0.25, 0.3) is 0 Å². The summed E-state index contributed by atoms with van der Waals surface area (Å²) in [6, 6.07) is 0. The number of nitrogens with one attached hydrogen (secondary N) is 1. The molecule has 1 amide bonds. The van der Waals surface area contributed by atoms with Gasteiger partial charge in [-0.1, -0.05) is 0 Å². The molecular formula is C9H20N2O3S. The van der Waals surface area contributed by atoms with Gasteiger partial charge in [0.25, 0.3) is 0 Å². The zero-order valence-electron chi connectivity index (χ0n) is 9.92. The van der Waals surface area contributed by atoms with Crippen LogP contribution in [-0.2, 0) is 14.6 Å². The summed E-state index contributed by atoms with van der Waals surface area (Å²) in [5, 5.41) is 2.61. The SMILES string of the molecule is CC(C)(CN)NC(=O)C(C)(C)S(C)(=O)=O. The second kappa shape index (κ2) is 4.09. The van der Waals surface area contributed by atoms with E-state index in [1.54, 1.807) is 13.8 Å². The Labute approximate surface area is 91.3 Å². The van der Waals surface area contributed by atoms with Crippen molar-refractivity contribution in [3.05, 3.63) is 0 Å². The number of carbonyl (C=O) groups excluding carboxylic acids is 1. The summed E-state index contributed by atoms with van der Waals surface area (Å²) >= 11 is 0. The maximum Gasteiger partial charge on any atom is 0.241 e. The minimum absolute atomic E-state index is 0.249. The molecule has 5 nitrogen and oxygen atoms in total. The van der Waals surface area contributed by atoms with Gasteiger partial charge in [-0.2, -0.15) is 0 Å². The van der Waals surface area contributed by atoms with Crippen molar-refractivity contribution >= 4 is 15.7 Å². The number of rotatable bonds is 4. The lowest BCUT2D eigenvalue weighted by atomic mass is 10.0. The summed E-state index contributed by atoms with van der Waals surface area (Å²) in [5.41, 5.74) is 4.84. The molecule has 0 saturated carbocycles. The lowest BCUT2D eigenvalue weighted by Gasteiger charge is -2.30. The molecule has 0 aliphatic heterocycles. The van der Waals surface area contributed by atoms with Gasteiger partial charge >= 0.3 is 0 Å². The minimum Gasteiger partial charge on any atom is -0.349 e. The van der Waals surface area contributed by atoms with E-state index in [-0.39, 0.29) is 6.54 Å². The van der Waals surface area contributed by atoms with Gasteiger partial charge in [-0.15, -0.1) is 0 Å². The van der Waals surface area contributed by atoms with Crippen molar-refractivity contribution in [2.24, 2.45) is 5.73 Å². The third kappa shape index (κ3) is 3.46. The average Bonchev–Trinajstić information content (AvgIpc) is 2.01. The maximum atomic E-state index is 11.7. The van der Waals surface area contributed by atoms with Crippen LogP contribution in [0.1, 0.15) is 27.7 Å². The highest BCUT2D eigenvalue weighted by molar-refractivity contribution is 7.92. The first-order valence-electron chi connectivity index (χ1n) is 4.66. The van der Waals surface area contributed by atoms with Crippen LogP contribution in [0.4, 0.5) is 0 Å². The molecule has 0 radical (unpaired) electrons. The average molecular weight is 236 g/mol. The van der Waals surface area contributed by atoms with Crippen LogP contribution in [0.15, 0.2) is 0 Å². The van der Waals surface area contributed by atoms with E-state index in [1.165, 1.54) is 13.8 Å². The molecule has 3 N–H and O–H groups in total. The van der Waals surface area contributed by atoms with Gasteiger partial charge in [-0.25, -0.2) is 8.42 Å². The molecule has 0 aromatic heterocycles. The van der Waals surface area contributed by atoms with Crippen molar-refractivity contribution in [3.8, 4) is 0 Å². The number of sulfone groups is 1. The number of carbonyl (C=O) groups is 1. The van der Waals surface area contributed by atoms with E-state index >= 15 is 0 Å². The van der Waals surface area contributed by atoms with Gasteiger partial charge in [0.1, 0.15) is 4.75 Å². The molecule has 0 fully saturated rings. The Morgan fingerprint density at radius 2 is 1.67 bits per heavy atom. The van der Waals surface area contributed by atoms with Crippen molar-refractivity contribution in [2.45, 2.75) is 38.0 Å². The highest BCUT2D eigenvalue weighted by Gasteiger charge is 2.40. The second-order valence-electron chi connectivity index (χ2n) is 4.82. The van der Waals surface area contributed by atoms with Crippen LogP contribution in [-0.4, -0.2) is 37.4 Å². The molecule has 0 heterocycles. The molecule has 0 unspecified atom stereocenters. The van der Waals surface area contributed by atoms with Crippen molar-refractivity contribution in [2.75, 3.05) is 12.8 Å². The number of hydrogen-bond donors (Lipinski definition) is 2. The summed E-state index contributed by atoms with van der Waals surface area (Å²) in [6.07, 6.45) is 1.04. The zero-order valence-corrected chi connectivity index (χ0v) is 10.7. The molecule has 0 aliphatic carbocycles. The van der Waals surface area contributed by atoms with Gasteiger partial charge in [-0.05, 0) is 27.7 Å². The third-order valence-corrected chi connectivity index (χ3v) is 4.48. The molecular weight excluding hydrogens is 216 g/mol. The molecule has 0 rings (SSSR count). The fourth-order valence-electron chi connectivity index (χ4n) is 0.677. The van der Waals surface area contributed by atoms with E-state index in [0.717, 1.165) is 6.26 Å². The van der Waals surface area contributed by atoms with E-state index in [2.05, 4.69) is 5.32 Å². The molecule has 0 aromatic rings. The van der Waals surface area contributed by atoms with Crippen LogP contribution in [0, 0.1) is 0 Å². The van der Waals surface area contributed by atoms with E-state index in [9.17, 15) is 13.2 Å². The summed E-state index contributed by atoms with van der Waals surface area (Å²) in [4.78, 5) is 11.7. The second-order valence-corrected chi connectivity index (χ2v) is 7.39. The Kier molecular flexibility index (Phi) is 3.93. The summed E-state index contributed by atoms with van der Waals surface area (Å²) in [6.45, 7) is 6.49. The van der Waals surface area contributed by atoms with E-state index in [1.807, 2.05) is 0 Å². The predicted octanol–water partition coefficient (Wildman–Crippen LogP) is -0.337. The topological polar surface area (TPSA) is 89.3 Å². The predicted molar refractivity (Wildman–Crippen MR) is 60.2 cm³/mol. The summed E-state index contributed by atoms with van der Waals surface area (Å²) in [5.74, 6) is -0.527. The Balaban J connectivity index is 4.90. The summed E-state index contributed by atoms with van der Waals surface area (Å²) < 4.78 is 21.3. The normalized spacial score (nSPS) is 13.7. The van der Waals surface area contributed by atoms with Gasteiger partial charge in [0.2, 0.25) is 5.91 Å². The van der Waals surface area contributed by atoms with Crippen molar-refractivity contribution in [1.82, 2.24) is 5.32 Å². The number of amides is 1. The molecule has 0 aliphatic rings. The number of hydrogen-bond acceptors (Lipinski definition) is 4. The fourth-order valence-corrected chi connectivity index (χ4v) is 1.07. The van der Waals surface area contributed by atoms with Crippen molar-refractivity contribution in [1.29, 1.82) is 0 Å². The van der Waals surface area contributed by atoms with E-state index < -0.39 is 26.0 Å². The molecule has 90 valence electrons.